The molecule has 6 nitrogen and oxygen atoms in total. The van der Waals surface area contributed by atoms with Gasteiger partial charge in [-0.05, 0) is 57.8 Å². The van der Waals surface area contributed by atoms with Crippen LogP contribution in [0.4, 0.5) is 0 Å². The van der Waals surface area contributed by atoms with Gasteiger partial charge in [-0.2, -0.15) is 0 Å². The fraction of sp³-hybridized carbons (Fsp3) is 0.887. The SMILES string of the molecule is CCCCCCCCCCCCCCCCCC/C=C/C(O)C(CO)NC(=O)CCCCCCC/C=C\CCCCOC(=O)CCCCCCCCCCCCCCC. The third-order valence-corrected chi connectivity index (χ3v) is 12.0. The summed E-state index contributed by atoms with van der Waals surface area (Å²) in [5.41, 5.74) is 0. The van der Waals surface area contributed by atoms with E-state index in [9.17, 15) is 19.8 Å². The summed E-state index contributed by atoms with van der Waals surface area (Å²) in [4.78, 5) is 24.4. The summed E-state index contributed by atoms with van der Waals surface area (Å²) in [6, 6.07) is -0.648. The first-order valence-electron chi connectivity index (χ1n) is 26.1. The van der Waals surface area contributed by atoms with Crippen molar-refractivity contribution in [1.82, 2.24) is 5.32 Å². The lowest BCUT2D eigenvalue weighted by Gasteiger charge is -2.20. The van der Waals surface area contributed by atoms with Crippen molar-refractivity contribution in [2.75, 3.05) is 13.2 Å². The van der Waals surface area contributed by atoms with Gasteiger partial charge in [-0.3, -0.25) is 9.59 Å². The highest BCUT2D eigenvalue weighted by Crippen LogP contribution is 2.16. The van der Waals surface area contributed by atoms with Crippen LogP contribution in [0.3, 0.4) is 0 Å². The maximum absolute atomic E-state index is 12.4. The second-order valence-electron chi connectivity index (χ2n) is 17.9. The van der Waals surface area contributed by atoms with Gasteiger partial charge in [0.15, 0.2) is 0 Å². The lowest BCUT2D eigenvalue weighted by Crippen LogP contribution is -2.45. The molecule has 348 valence electrons. The molecule has 2 atom stereocenters. The van der Waals surface area contributed by atoms with Gasteiger partial charge in [-0.15, -0.1) is 0 Å². The largest absolute Gasteiger partial charge is 0.466 e. The zero-order chi connectivity index (χ0) is 43.0. The molecule has 1 amide bonds. The average molecular weight is 832 g/mol. The first kappa shape index (κ1) is 57.3. The summed E-state index contributed by atoms with van der Waals surface area (Å²) in [5.74, 6) is -0.127. The highest BCUT2D eigenvalue weighted by Gasteiger charge is 2.18. The molecule has 59 heavy (non-hydrogen) atoms. The number of aliphatic hydroxyl groups excluding tert-OH is 2. The number of ether oxygens (including phenoxy) is 1. The Morgan fingerprint density at radius 3 is 1.20 bits per heavy atom. The Balaban J connectivity index is 3.55. The van der Waals surface area contributed by atoms with Crippen molar-refractivity contribution in [3.05, 3.63) is 24.3 Å². The van der Waals surface area contributed by atoms with Gasteiger partial charge in [0.2, 0.25) is 5.91 Å². The second-order valence-corrected chi connectivity index (χ2v) is 17.9. The molecule has 0 heterocycles. The number of amides is 1. The summed E-state index contributed by atoms with van der Waals surface area (Å²) < 4.78 is 5.43. The van der Waals surface area contributed by atoms with E-state index in [1.807, 2.05) is 6.08 Å². The molecule has 0 saturated carbocycles. The van der Waals surface area contributed by atoms with Crippen LogP contribution in [0, 0.1) is 0 Å². The van der Waals surface area contributed by atoms with Crippen LogP contribution in [0.1, 0.15) is 277 Å². The molecule has 0 aliphatic carbocycles. The number of unbranched alkanes of at least 4 members (excludes halogenated alkanes) is 35. The van der Waals surface area contributed by atoms with Crippen LogP contribution in [0.15, 0.2) is 24.3 Å². The van der Waals surface area contributed by atoms with Crippen LogP contribution in [-0.4, -0.2) is 47.4 Å². The zero-order valence-corrected chi connectivity index (χ0v) is 39.5. The monoisotopic (exact) mass is 832 g/mol. The number of hydrogen-bond acceptors (Lipinski definition) is 5. The van der Waals surface area contributed by atoms with Gasteiger partial charge < -0.3 is 20.3 Å². The van der Waals surface area contributed by atoms with Gasteiger partial charge >= 0.3 is 5.97 Å². The van der Waals surface area contributed by atoms with E-state index < -0.39 is 12.1 Å². The van der Waals surface area contributed by atoms with E-state index in [-0.39, 0.29) is 18.5 Å². The fourth-order valence-corrected chi connectivity index (χ4v) is 7.92. The number of hydrogen-bond donors (Lipinski definition) is 3. The van der Waals surface area contributed by atoms with E-state index in [2.05, 4.69) is 31.3 Å². The molecular formula is C53H101NO5. The molecule has 0 fully saturated rings. The molecular weight excluding hydrogens is 731 g/mol. The number of nitrogens with one attached hydrogen (secondary N) is 1. The minimum Gasteiger partial charge on any atom is -0.466 e. The predicted octanol–water partition coefficient (Wildman–Crippen LogP) is 15.5. The quantitative estimate of drug-likeness (QED) is 0.0322. The van der Waals surface area contributed by atoms with Crippen LogP contribution in [0.5, 0.6) is 0 Å². The minimum absolute atomic E-state index is 0.0315. The predicted molar refractivity (Wildman–Crippen MR) is 255 cm³/mol. The summed E-state index contributed by atoms with van der Waals surface area (Å²) >= 11 is 0. The Morgan fingerprint density at radius 2 is 0.797 bits per heavy atom. The lowest BCUT2D eigenvalue weighted by atomic mass is 10.0. The van der Waals surface area contributed by atoms with E-state index in [0.717, 1.165) is 83.5 Å². The molecule has 0 rings (SSSR count). The van der Waals surface area contributed by atoms with Gasteiger partial charge in [0.25, 0.3) is 0 Å². The van der Waals surface area contributed by atoms with Crippen molar-refractivity contribution in [3.63, 3.8) is 0 Å². The molecule has 0 saturated heterocycles. The Labute approximate surface area is 367 Å². The zero-order valence-electron chi connectivity index (χ0n) is 39.5. The van der Waals surface area contributed by atoms with Gasteiger partial charge in [-0.25, -0.2) is 0 Å². The van der Waals surface area contributed by atoms with Crippen LogP contribution in [0.2, 0.25) is 0 Å². The van der Waals surface area contributed by atoms with Crippen LogP contribution in [0.25, 0.3) is 0 Å². The summed E-state index contributed by atoms with van der Waals surface area (Å²) in [6.45, 7) is 4.83. The van der Waals surface area contributed by atoms with E-state index in [1.54, 1.807) is 6.08 Å². The van der Waals surface area contributed by atoms with Gasteiger partial charge in [-0.1, -0.05) is 231 Å². The molecule has 0 aromatic rings. The first-order chi connectivity index (χ1) is 29.0. The van der Waals surface area contributed by atoms with Crippen molar-refractivity contribution in [3.8, 4) is 0 Å². The molecule has 3 N–H and O–H groups in total. The van der Waals surface area contributed by atoms with Gasteiger partial charge in [0.1, 0.15) is 0 Å². The Bertz CT molecular complexity index is 920. The number of carbonyl (C=O) groups is 2. The highest BCUT2D eigenvalue weighted by molar-refractivity contribution is 5.76. The van der Waals surface area contributed by atoms with E-state index in [0.29, 0.717) is 19.4 Å². The van der Waals surface area contributed by atoms with Crippen LogP contribution >= 0.6 is 0 Å². The molecule has 0 bridgehead atoms. The van der Waals surface area contributed by atoms with Crippen LogP contribution in [-0.2, 0) is 14.3 Å². The molecule has 6 heteroatoms. The maximum Gasteiger partial charge on any atom is 0.305 e. The van der Waals surface area contributed by atoms with Crippen LogP contribution < -0.4 is 5.32 Å². The van der Waals surface area contributed by atoms with Gasteiger partial charge in [0.05, 0.1) is 25.4 Å². The number of carbonyl (C=O) groups excluding carboxylic acids is 2. The molecule has 0 aromatic heterocycles. The minimum atomic E-state index is -0.862. The molecule has 2 unspecified atom stereocenters. The van der Waals surface area contributed by atoms with Crippen molar-refractivity contribution in [2.45, 2.75) is 289 Å². The fourth-order valence-electron chi connectivity index (χ4n) is 7.92. The number of aliphatic hydroxyl groups is 2. The Kier molecular flexibility index (Phi) is 47.6. The summed E-state index contributed by atoms with van der Waals surface area (Å²) in [7, 11) is 0. The number of esters is 1. The molecule has 0 spiro atoms. The van der Waals surface area contributed by atoms with E-state index in [1.165, 1.54) is 167 Å². The normalized spacial score (nSPS) is 12.8. The highest BCUT2D eigenvalue weighted by atomic mass is 16.5. The second kappa shape index (κ2) is 49.0. The van der Waals surface area contributed by atoms with Crippen molar-refractivity contribution in [2.24, 2.45) is 0 Å². The van der Waals surface area contributed by atoms with Gasteiger partial charge in [0, 0.05) is 12.8 Å². The average Bonchev–Trinajstić information content (AvgIpc) is 3.24. The maximum atomic E-state index is 12.4. The smallest absolute Gasteiger partial charge is 0.305 e. The molecule has 0 aliphatic rings. The van der Waals surface area contributed by atoms with Crippen molar-refractivity contribution >= 4 is 11.9 Å². The molecule has 0 radical (unpaired) electrons. The standard InChI is InChI=1S/C53H101NO5/c1-3-5-7-9-11-13-15-17-18-19-20-21-23-25-29-33-37-41-45-51(56)50(49-55)54-52(57)46-42-38-34-30-26-24-28-32-36-40-44-48-59-53(58)47-43-39-35-31-27-22-16-14-12-10-8-6-4-2/h28,32,41,45,50-51,55-56H,3-27,29-31,33-40,42-44,46-49H2,1-2H3,(H,54,57)/b32-28-,45-41+. The van der Waals surface area contributed by atoms with E-state index in [4.69, 9.17) is 4.74 Å². The Hall–Kier alpha value is -1.66. The first-order valence-corrected chi connectivity index (χ1v) is 26.1. The Morgan fingerprint density at radius 1 is 0.458 bits per heavy atom. The van der Waals surface area contributed by atoms with Crippen molar-refractivity contribution < 1.29 is 24.5 Å². The molecule has 0 aromatic carbocycles. The topological polar surface area (TPSA) is 95.9 Å². The number of allylic oxidation sites excluding steroid dienone is 3. The third-order valence-electron chi connectivity index (χ3n) is 12.0. The molecule has 0 aliphatic heterocycles. The summed E-state index contributed by atoms with van der Waals surface area (Å²) in [6.07, 6.45) is 57.5. The summed E-state index contributed by atoms with van der Waals surface area (Å²) in [5, 5.41) is 23.1. The number of rotatable bonds is 48. The van der Waals surface area contributed by atoms with Crippen molar-refractivity contribution in [1.29, 1.82) is 0 Å². The van der Waals surface area contributed by atoms with E-state index >= 15 is 0 Å². The lowest BCUT2D eigenvalue weighted by molar-refractivity contribution is -0.143. The third kappa shape index (κ3) is 45.7.